The van der Waals surface area contributed by atoms with Crippen molar-refractivity contribution in [2.24, 2.45) is 0 Å². The van der Waals surface area contributed by atoms with Crippen molar-refractivity contribution in [3.63, 3.8) is 0 Å². The molecule has 0 spiro atoms. The van der Waals surface area contributed by atoms with Crippen LogP contribution in [0.25, 0.3) is 11.8 Å². The monoisotopic (exact) mass is 584 g/mol. The van der Waals surface area contributed by atoms with Gasteiger partial charge >= 0.3 is 6.03 Å². The first-order valence-corrected chi connectivity index (χ1v) is 13.2. The number of hydrogen-bond donors (Lipinski definition) is 1. The summed E-state index contributed by atoms with van der Waals surface area (Å²) in [5.74, 6) is -0.980. The lowest BCUT2D eigenvalue weighted by Gasteiger charge is -2.27. The van der Waals surface area contributed by atoms with E-state index in [4.69, 9.17) is 27.9 Å². The second-order valence-corrected chi connectivity index (χ2v) is 10.0. The minimum atomic E-state index is -0.912. The van der Waals surface area contributed by atoms with Crippen LogP contribution in [0.3, 0.4) is 0 Å². The van der Waals surface area contributed by atoms with Crippen molar-refractivity contribution in [2.45, 2.75) is 20.5 Å². The third-order valence-corrected chi connectivity index (χ3v) is 7.48. The van der Waals surface area contributed by atoms with E-state index in [9.17, 15) is 19.6 Å². The normalized spacial score (nSPS) is 14.3. The second-order valence-electron chi connectivity index (χ2n) is 9.24. The number of ether oxygens (including phenoxy) is 1. The van der Waals surface area contributed by atoms with E-state index in [-0.39, 0.29) is 27.9 Å². The Labute approximate surface area is 246 Å². The molecule has 1 aromatic heterocycles. The quantitative estimate of drug-likeness (QED) is 0.205. The highest BCUT2D eigenvalue weighted by molar-refractivity contribution is 6.46. The van der Waals surface area contributed by atoms with Crippen LogP contribution in [0.1, 0.15) is 28.1 Å². The van der Waals surface area contributed by atoms with Gasteiger partial charge in [-0.15, -0.1) is 0 Å². The van der Waals surface area contributed by atoms with Gasteiger partial charge in [0.15, 0.2) is 0 Å². The number of carbonyl (C=O) groups excluding carboxylic acids is 3. The van der Waals surface area contributed by atoms with Crippen molar-refractivity contribution in [2.75, 3.05) is 4.90 Å². The third kappa shape index (κ3) is 5.33. The molecule has 1 aliphatic heterocycles. The van der Waals surface area contributed by atoms with Gasteiger partial charge in [-0.25, -0.2) is 9.69 Å². The zero-order valence-electron chi connectivity index (χ0n) is 21.9. The minimum absolute atomic E-state index is 0.0197. The maximum absolute atomic E-state index is 13.4. The van der Waals surface area contributed by atoms with E-state index in [1.807, 2.05) is 66.9 Å². The van der Waals surface area contributed by atoms with Crippen LogP contribution in [0.5, 0.6) is 5.75 Å². The van der Waals surface area contributed by atoms with Crippen molar-refractivity contribution in [3.8, 4) is 17.5 Å². The van der Waals surface area contributed by atoms with Crippen LogP contribution in [0.2, 0.25) is 10.0 Å². The topological polar surface area (TPSA) is 104 Å². The first kappa shape index (κ1) is 27.7. The molecule has 8 nitrogen and oxygen atoms in total. The average Bonchev–Trinajstić information content (AvgIpc) is 3.24. The molecule has 4 amide bonds. The van der Waals surface area contributed by atoms with Crippen LogP contribution in [0, 0.1) is 25.2 Å². The molecule has 10 heteroatoms. The highest BCUT2D eigenvalue weighted by Gasteiger charge is 2.38. The van der Waals surface area contributed by atoms with Crippen LogP contribution in [0.4, 0.5) is 10.5 Å². The van der Waals surface area contributed by atoms with Gasteiger partial charge < -0.3 is 9.30 Å². The number of benzene rings is 3. The maximum Gasteiger partial charge on any atom is 0.336 e. The first-order valence-electron chi connectivity index (χ1n) is 12.4. The summed E-state index contributed by atoms with van der Waals surface area (Å²) in [7, 11) is 0. The molecule has 0 radical (unpaired) electrons. The highest BCUT2D eigenvalue weighted by Crippen LogP contribution is 2.34. The molecular weight excluding hydrogens is 563 g/mol. The number of barbiturate groups is 1. The number of anilines is 1. The molecule has 204 valence electrons. The van der Waals surface area contributed by atoms with Crippen LogP contribution < -0.4 is 15.0 Å². The van der Waals surface area contributed by atoms with Crippen LogP contribution in [-0.2, 0) is 16.2 Å². The summed E-state index contributed by atoms with van der Waals surface area (Å²) in [6, 6.07) is 22.4. The number of aryl methyl sites for hydroxylation is 1. The van der Waals surface area contributed by atoms with E-state index in [1.54, 1.807) is 12.1 Å². The lowest BCUT2D eigenvalue weighted by atomic mass is 10.1. The van der Waals surface area contributed by atoms with Crippen LogP contribution in [0.15, 0.2) is 78.4 Å². The Bertz CT molecular complexity index is 1780. The fraction of sp³-hybridized carbons (Fsp3) is 0.0968. The number of urea groups is 1. The van der Waals surface area contributed by atoms with E-state index in [1.165, 1.54) is 18.2 Å². The van der Waals surface area contributed by atoms with Crippen molar-refractivity contribution >= 4 is 52.8 Å². The SMILES string of the molecule is Cc1cc(/C=C2\C(=O)NC(=O)N(c3cccc(Cl)c3Cl)C2=O)c(C)n1-c1ccc(OCc2ccccc2C#N)cc1. The fourth-order valence-corrected chi connectivity index (χ4v) is 5.02. The van der Waals surface area contributed by atoms with Crippen LogP contribution in [-0.4, -0.2) is 22.4 Å². The number of nitriles is 1. The number of rotatable bonds is 6. The number of aromatic nitrogens is 1. The van der Waals surface area contributed by atoms with Gasteiger partial charge in [0.05, 0.1) is 27.4 Å². The molecule has 1 N–H and O–H groups in total. The molecule has 1 fully saturated rings. The number of carbonyl (C=O) groups is 3. The smallest absolute Gasteiger partial charge is 0.336 e. The number of imide groups is 2. The van der Waals surface area contributed by atoms with E-state index >= 15 is 0 Å². The third-order valence-electron chi connectivity index (χ3n) is 6.67. The molecule has 3 aromatic carbocycles. The average molecular weight is 585 g/mol. The summed E-state index contributed by atoms with van der Waals surface area (Å²) in [5.41, 5.74) is 4.33. The fourth-order valence-electron chi connectivity index (χ4n) is 4.64. The summed E-state index contributed by atoms with van der Waals surface area (Å²) in [5, 5.41) is 11.7. The standard InChI is InChI=1S/C31H22Cl2N4O4/c1-18-14-22(15-25-29(38)35-31(40)37(30(25)39)27-9-5-8-26(32)28(27)33)19(2)36(18)23-10-12-24(13-11-23)41-17-21-7-4-3-6-20(21)16-34/h3-15H,17H2,1-2H3,(H,35,38,40)/b25-15+. The Morgan fingerprint density at radius 1 is 0.976 bits per heavy atom. The first-order chi connectivity index (χ1) is 19.7. The number of halogens is 2. The molecule has 5 rings (SSSR count). The van der Waals surface area contributed by atoms with Crippen molar-refractivity contribution in [3.05, 3.63) is 116 Å². The number of nitrogens with one attached hydrogen (secondary N) is 1. The molecule has 0 atom stereocenters. The molecule has 0 saturated carbocycles. The summed E-state index contributed by atoms with van der Waals surface area (Å²) < 4.78 is 7.86. The predicted molar refractivity (Wildman–Crippen MR) is 156 cm³/mol. The van der Waals surface area contributed by atoms with Gasteiger partial charge in [0.25, 0.3) is 11.8 Å². The van der Waals surface area contributed by atoms with Crippen LogP contribution >= 0.6 is 23.2 Å². The van der Waals surface area contributed by atoms with Crippen molar-refractivity contribution in [1.29, 1.82) is 5.26 Å². The highest BCUT2D eigenvalue weighted by atomic mass is 35.5. The maximum atomic E-state index is 13.4. The number of amides is 4. The largest absolute Gasteiger partial charge is 0.489 e. The predicted octanol–water partition coefficient (Wildman–Crippen LogP) is 6.52. The lowest BCUT2D eigenvalue weighted by Crippen LogP contribution is -2.54. The van der Waals surface area contributed by atoms with Gasteiger partial charge in [0, 0.05) is 22.6 Å². The summed E-state index contributed by atoms with van der Waals surface area (Å²) in [6.07, 6.45) is 1.46. The Balaban J connectivity index is 1.41. The molecule has 1 aliphatic rings. The Morgan fingerprint density at radius 3 is 2.44 bits per heavy atom. The molecule has 0 unspecified atom stereocenters. The number of hydrogen-bond acceptors (Lipinski definition) is 5. The van der Waals surface area contributed by atoms with Gasteiger partial charge in [-0.2, -0.15) is 5.26 Å². The van der Waals surface area contributed by atoms with Gasteiger partial charge in [0.2, 0.25) is 0 Å². The van der Waals surface area contributed by atoms with Gasteiger partial charge in [-0.05, 0) is 74.0 Å². The van der Waals surface area contributed by atoms with Gasteiger partial charge in [0.1, 0.15) is 17.9 Å². The molecular formula is C31H22Cl2N4O4. The van der Waals surface area contributed by atoms with E-state index in [2.05, 4.69) is 11.4 Å². The Hall–Kier alpha value is -4.84. The molecule has 4 aromatic rings. The minimum Gasteiger partial charge on any atom is -0.489 e. The molecule has 0 aliphatic carbocycles. The Morgan fingerprint density at radius 2 is 1.71 bits per heavy atom. The molecule has 1 saturated heterocycles. The van der Waals surface area contributed by atoms with Crippen molar-refractivity contribution in [1.82, 2.24) is 9.88 Å². The summed E-state index contributed by atoms with van der Waals surface area (Å²) in [6.45, 7) is 4.03. The van der Waals surface area contributed by atoms with E-state index < -0.39 is 17.8 Å². The molecule has 41 heavy (non-hydrogen) atoms. The Kier molecular flexibility index (Phi) is 7.66. The lowest BCUT2D eigenvalue weighted by molar-refractivity contribution is -0.122. The number of nitrogens with zero attached hydrogens (tertiary/aromatic N) is 3. The zero-order valence-corrected chi connectivity index (χ0v) is 23.5. The van der Waals surface area contributed by atoms with Gasteiger partial charge in [-0.3, -0.25) is 14.9 Å². The van der Waals surface area contributed by atoms with E-state index in [0.717, 1.165) is 27.5 Å². The van der Waals surface area contributed by atoms with Gasteiger partial charge in [-0.1, -0.05) is 47.5 Å². The zero-order chi connectivity index (χ0) is 29.3. The molecule has 2 heterocycles. The summed E-state index contributed by atoms with van der Waals surface area (Å²) in [4.78, 5) is 39.5. The summed E-state index contributed by atoms with van der Waals surface area (Å²) >= 11 is 12.3. The van der Waals surface area contributed by atoms with E-state index in [0.29, 0.717) is 16.9 Å². The van der Waals surface area contributed by atoms with Crippen molar-refractivity contribution < 1.29 is 19.1 Å². The second kappa shape index (κ2) is 11.3. The molecule has 0 bridgehead atoms.